The Hall–Kier alpha value is -0.890. The number of hydrogen-bond acceptors (Lipinski definition) is 4. The van der Waals surface area contributed by atoms with Gasteiger partial charge in [0.15, 0.2) is 5.82 Å². The van der Waals surface area contributed by atoms with Crippen LogP contribution >= 0.6 is 11.6 Å². The first kappa shape index (κ1) is 16.2. The quantitative estimate of drug-likeness (QED) is 0.719. The second-order valence-corrected chi connectivity index (χ2v) is 6.86. The Kier molecular flexibility index (Phi) is 4.78. The summed E-state index contributed by atoms with van der Waals surface area (Å²) >= 11 is 5.68. The maximum atomic E-state index is 13.8. The van der Waals surface area contributed by atoms with Crippen LogP contribution in [0.1, 0.15) is 20.3 Å². The van der Waals surface area contributed by atoms with Crippen LogP contribution in [0.15, 0.2) is 17.0 Å². The molecule has 0 spiro atoms. The minimum Gasteiger partial charge on any atom is -0.396 e. The Morgan fingerprint density at radius 1 is 1.47 bits per heavy atom. The Morgan fingerprint density at radius 2 is 2.05 bits per heavy atom. The third kappa shape index (κ3) is 4.04. The predicted octanol–water partition coefficient (Wildman–Crippen LogP) is 1.50. The molecule has 4 N–H and O–H groups in total. The molecule has 0 aromatic heterocycles. The largest absolute Gasteiger partial charge is 0.396 e. The number of rotatable bonds is 5. The average molecular weight is 311 g/mol. The number of nitrogens with one attached hydrogen (secondary N) is 1. The topological polar surface area (TPSA) is 92.4 Å². The molecule has 0 bridgehead atoms. The van der Waals surface area contributed by atoms with Gasteiger partial charge in [-0.2, -0.15) is 0 Å². The van der Waals surface area contributed by atoms with E-state index >= 15 is 0 Å². The highest BCUT2D eigenvalue weighted by Crippen LogP contribution is 2.26. The fourth-order valence-corrected chi connectivity index (χ4v) is 3.40. The zero-order chi connectivity index (χ0) is 14.8. The molecule has 1 rings (SSSR count). The van der Waals surface area contributed by atoms with E-state index in [1.807, 2.05) is 0 Å². The molecule has 8 heteroatoms. The van der Waals surface area contributed by atoms with E-state index in [-0.39, 0.29) is 23.7 Å². The summed E-state index contributed by atoms with van der Waals surface area (Å²) in [6.07, 6.45) is 0.184. The molecule has 0 aliphatic carbocycles. The minimum absolute atomic E-state index is 0.0271. The summed E-state index contributed by atoms with van der Waals surface area (Å²) < 4.78 is 40.3. The summed E-state index contributed by atoms with van der Waals surface area (Å²) in [5.74, 6) is -1.04. The number of anilines is 1. The highest BCUT2D eigenvalue weighted by molar-refractivity contribution is 7.89. The number of hydrogen-bond donors (Lipinski definition) is 3. The van der Waals surface area contributed by atoms with Gasteiger partial charge in [0.05, 0.1) is 5.69 Å². The van der Waals surface area contributed by atoms with Gasteiger partial charge in [0.2, 0.25) is 10.0 Å². The monoisotopic (exact) mass is 310 g/mol. The Morgan fingerprint density at radius 3 is 2.58 bits per heavy atom. The molecule has 108 valence electrons. The first-order chi connectivity index (χ1) is 8.59. The standard InChI is InChI=1S/C11H16ClFN2O3S/c1-11(2,3-4-16)15-19(17,18)9-6-7(12)5-8(14)10(9)13/h5-6,15-16H,3-4,14H2,1-2H3. The fourth-order valence-electron chi connectivity index (χ4n) is 1.53. The van der Waals surface area contributed by atoms with Gasteiger partial charge in [-0.15, -0.1) is 0 Å². The average Bonchev–Trinajstić information content (AvgIpc) is 2.21. The smallest absolute Gasteiger partial charge is 0.244 e. The van der Waals surface area contributed by atoms with Crippen LogP contribution in [0, 0.1) is 5.82 Å². The minimum atomic E-state index is -4.12. The van der Waals surface area contributed by atoms with Gasteiger partial charge in [0.1, 0.15) is 4.90 Å². The molecule has 1 aromatic carbocycles. The van der Waals surface area contributed by atoms with Crippen molar-refractivity contribution in [3.05, 3.63) is 23.0 Å². The number of sulfonamides is 1. The van der Waals surface area contributed by atoms with E-state index in [0.29, 0.717) is 0 Å². The summed E-state index contributed by atoms with van der Waals surface area (Å²) in [7, 11) is -4.12. The van der Waals surface area contributed by atoms with Crippen molar-refractivity contribution in [1.82, 2.24) is 4.72 Å². The van der Waals surface area contributed by atoms with E-state index in [9.17, 15) is 12.8 Å². The lowest BCUT2D eigenvalue weighted by Crippen LogP contribution is -2.44. The van der Waals surface area contributed by atoms with Crippen molar-refractivity contribution < 1.29 is 17.9 Å². The van der Waals surface area contributed by atoms with Gasteiger partial charge in [0, 0.05) is 17.2 Å². The van der Waals surface area contributed by atoms with Gasteiger partial charge in [-0.3, -0.25) is 0 Å². The Bertz CT molecular complexity index is 576. The number of halogens is 2. The summed E-state index contributed by atoms with van der Waals surface area (Å²) in [6.45, 7) is 2.95. The van der Waals surface area contributed by atoms with E-state index in [4.69, 9.17) is 22.4 Å². The maximum Gasteiger partial charge on any atom is 0.244 e. The number of benzene rings is 1. The van der Waals surface area contributed by atoms with Gasteiger partial charge in [-0.05, 0) is 32.4 Å². The third-order valence-electron chi connectivity index (χ3n) is 2.47. The van der Waals surface area contributed by atoms with Gasteiger partial charge < -0.3 is 10.8 Å². The number of nitrogens with two attached hydrogens (primary N) is 1. The predicted molar refractivity (Wildman–Crippen MR) is 71.9 cm³/mol. The third-order valence-corrected chi connectivity index (χ3v) is 4.38. The number of aliphatic hydroxyl groups is 1. The Labute approximate surface area is 116 Å². The van der Waals surface area contributed by atoms with Crippen LogP contribution in [0.4, 0.5) is 10.1 Å². The van der Waals surface area contributed by atoms with Gasteiger partial charge in [0.25, 0.3) is 0 Å². The highest BCUT2D eigenvalue weighted by Gasteiger charge is 2.29. The fraction of sp³-hybridized carbons (Fsp3) is 0.455. The van der Waals surface area contributed by atoms with E-state index in [1.165, 1.54) is 0 Å². The molecule has 0 aliphatic heterocycles. The molecule has 0 saturated heterocycles. The van der Waals surface area contributed by atoms with Gasteiger partial charge >= 0.3 is 0 Å². The van der Waals surface area contributed by atoms with Gasteiger partial charge in [-0.25, -0.2) is 17.5 Å². The zero-order valence-corrected chi connectivity index (χ0v) is 12.1. The maximum absolute atomic E-state index is 13.8. The van der Waals surface area contributed by atoms with Crippen molar-refractivity contribution in [1.29, 1.82) is 0 Å². The lowest BCUT2D eigenvalue weighted by molar-refractivity contribution is 0.245. The molecule has 0 amide bonds. The molecule has 0 atom stereocenters. The Balaban J connectivity index is 3.22. The number of aliphatic hydroxyl groups excluding tert-OH is 1. The van der Waals surface area contributed by atoms with Crippen molar-refractivity contribution in [2.45, 2.75) is 30.7 Å². The first-order valence-electron chi connectivity index (χ1n) is 5.48. The molecule has 5 nitrogen and oxygen atoms in total. The van der Waals surface area contributed by atoms with Crippen LogP contribution in [0.25, 0.3) is 0 Å². The molecule has 1 aromatic rings. The normalized spacial score (nSPS) is 12.7. The first-order valence-corrected chi connectivity index (χ1v) is 7.34. The van der Waals surface area contributed by atoms with Crippen LogP contribution in [0.3, 0.4) is 0 Å². The van der Waals surface area contributed by atoms with Gasteiger partial charge in [-0.1, -0.05) is 11.6 Å². The molecule has 0 saturated carbocycles. The van der Waals surface area contributed by atoms with E-state index in [1.54, 1.807) is 13.8 Å². The van der Waals surface area contributed by atoms with Crippen LogP contribution in [-0.4, -0.2) is 25.7 Å². The van der Waals surface area contributed by atoms with Crippen molar-refractivity contribution in [2.24, 2.45) is 0 Å². The molecular formula is C11H16ClFN2O3S. The SMILES string of the molecule is CC(C)(CCO)NS(=O)(=O)c1cc(Cl)cc(N)c1F. The van der Waals surface area contributed by atoms with Crippen molar-refractivity contribution >= 4 is 27.3 Å². The van der Waals surface area contributed by atoms with Crippen LogP contribution in [0.5, 0.6) is 0 Å². The molecule has 0 unspecified atom stereocenters. The van der Waals surface area contributed by atoms with Crippen molar-refractivity contribution in [3.63, 3.8) is 0 Å². The van der Waals surface area contributed by atoms with Crippen molar-refractivity contribution in [3.8, 4) is 0 Å². The summed E-state index contributed by atoms with van der Waals surface area (Å²) in [5.41, 5.74) is 4.09. The molecule has 0 radical (unpaired) electrons. The second kappa shape index (κ2) is 5.62. The lowest BCUT2D eigenvalue weighted by atomic mass is 10.0. The molecular weight excluding hydrogens is 295 g/mol. The molecule has 0 aliphatic rings. The summed E-state index contributed by atoms with van der Waals surface area (Å²) in [5, 5.41) is 8.89. The van der Waals surface area contributed by atoms with Crippen LogP contribution in [0.2, 0.25) is 5.02 Å². The molecule has 19 heavy (non-hydrogen) atoms. The van der Waals surface area contributed by atoms with Crippen LogP contribution < -0.4 is 10.5 Å². The number of nitrogen functional groups attached to an aromatic ring is 1. The highest BCUT2D eigenvalue weighted by atomic mass is 35.5. The van der Waals surface area contributed by atoms with E-state index in [2.05, 4.69) is 4.72 Å². The second-order valence-electron chi connectivity index (χ2n) is 4.77. The van der Waals surface area contributed by atoms with E-state index in [0.717, 1.165) is 12.1 Å². The lowest BCUT2D eigenvalue weighted by Gasteiger charge is -2.25. The molecule has 0 fully saturated rings. The van der Waals surface area contributed by atoms with E-state index < -0.39 is 26.3 Å². The molecule has 0 heterocycles. The zero-order valence-electron chi connectivity index (χ0n) is 10.6. The van der Waals surface area contributed by atoms with Crippen LogP contribution in [-0.2, 0) is 10.0 Å². The summed E-state index contributed by atoms with van der Waals surface area (Å²) in [4.78, 5) is -0.608. The summed E-state index contributed by atoms with van der Waals surface area (Å²) in [6, 6.07) is 2.12. The van der Waals surface area contributed by atoms with Crippen molar-refractivity contribution in [2.75, 3.05) is 12.3 Å².